The molecule has 1 aromatic carbocycles. The van der Waals surface area contributed by atoms with E-state index in [2.05, 4.69) is 0 Å². The molecule has 40 heavy (non-hydrogen) atoms. The van der Waals surface area contributed by atoms with Crippen LogP contribution in [-0.4, -0.2) is 30.7 Å². The average molecular weight is 580 g/mol. The number of benzene rings is 1. The van der Waals surface area contributed by atoms with E-state index in [1.165, 1.54) is 78.1 Å². The van der Waals surface area contributed by atoms with E-state index in [-0.39, 0.29) is 19.9 Å². The number of hydrogen-bond acceptors (Lipinski definition) is 8. The van der Waals surface area contributed by atoms with Crippen LogP contribution in [0.25, 0.3) is 5.69 Å². The number of rotatable bonds is 7. The van der Waals surface area contributed by atoms with Crippen molar-refractivity contribution in [3.05, 3.63) is 71.3 Å². The molecule has 0 N–H and O–H groups in total. The summed E-state index contributed by atoms with van der Waals surface area (Å²) in [4.78, 5) is 37.6. The van der Waals surface area contributed by atoms with Crippen LogP contribution in [0.5, 0.6) is 11.5 Å². The van der Waals surface area contributed by atoms with Crippen molar-refractivity contribution in [1.29, 1.82) is 0 Å². The van der Waals surface area contributed by atoms with Crippen molar-refractivity contribution in [3.8, 4) is 17.2 Å². The Morgan fingerprint density at radius 2 is 1.25 bits per heavy atom. The Balaban J connectivity index is 1.24. The van der Waals surface area contributed by atoms with Gasteiger partial charge in [0.05, 0.1) is 40.2 Å². The van der Waals surface area contributed by atoms with Gasteiger partial charge in [-0.05, 0) is 37.8 Å². The summed E-state index contributed by atoms with van der Waals surface area (Å²) in [5, 5.41) is 6.35. The molecule has 1 aliphatic heterocycles. The SMILES string of the molecule is O=c1n(-c2ccc3c(c2)OCO3)c(=O)n(Cc2csc(C3CCCCC3)n2)n1Cc1csc(C2CCCCC2)n1. The molecule has 4 heterocycles. The second kappa shape index (κ2) is 11.0. The molecule has 2 aliphatic carbocycles. The molecule has 3 aliphatic rings. The van der Waals surface area contributed by atoms with Gasteiger partial charge in [0.15, 0.2) is 11.5 Å². The Hall–Kier alpha value is -3.18. The van der Waals surface area contributed by atoms with Gasteiger partial charge in [-0.3, -0.25) is 0 Å². The lowest BCUT2D eigenvalue weighted by Crippen LogP contribution is -2.28. The predicted molar refractivity (Wildman–Crippen MR) is 154 cm³/mol. The summed E-state index contributed by atoms with van der Waals surface area (Å²) in [6.45, 7) is 0.585. The molecule has 9 nitrogen and oxygen atoms in total. The van der Waals surface area contributed by atoms with Crippen molar-refractivity contribution in [2.24, 2.45) is 0 Å². The van der Waals surface area contributed by atoms with Crippen LogP contribution >= 0.6 is 22.7 Å². The highest BCUT2D eigenvalue weighted by atomic mass is 32.1. The van der Waals surface area contributed by atoms with E-state index < -0.39 is 11.4 Å². The highest BCUT2D eigenvalue weighted by molar-refractivity contribution is 7.10. The maximum Gasteiger partial charge on any atom is 0.352 e. The lowest BCUT2D eigenvalue weighted by Gasteiger charge is -2.19. The number of ether oxygens (including phenoxy) is 2. The molecule has 4 aromatic rings. The van der Waals surface area contributed by atoms with Crippen LogP contribution in [0.4, 0.5) is 0 Å². The Bertz CT molecular complexity index is 1530. The van der Waals surface area contributed by atoms with E-state index in [0.717, 1.165) is 21.4 Å². The van der Waals surface area contributed by atoms with E-state index in [0.29, 0.717) is 29.0 Å². The molecule has 0 unspecified atom stereocenters. The first-order valence-corrected chi connectivity index (χ1v) is 16.1. The lowest BCUT2D eigenvalue weighted by molar-refractivity contribution is 0.174. The molecule has 0 spiro atoms. The zero-order valence-corrected chi connectivity index (χ0v) is 24.1. The molecule has 0 bridgehead atoms. The lowest BCUT2D eigenvalue weighted by atomic mass is 9.90. The minimum absolute atomic E-state index is 0.124. The van der Waals surface area contributed by atoms with Crippen molar-refractivity contribution in [3.63, 3.8) is 0 Å². The highest BCUT2D eigenvalue weighted by Gasteiger charge is 2.24. The van der Waals surface area contributed by atoms with E-state index in [4.69, 9.17) is 19.4 Å². The molecular formula is C29H33N5O4S2. The Morgan fingerprint density at radius 3 is 1.80 bits per heavy atom. The molecule has 0 atom stereocenters. The van der Waals surface area contributed by atoms with E-state index >= 15 is 0 Å². The van der Waals surface area contributed by atoms with Gasteiger partial charge in [0.2, 0.25) is 6.79 Å². The van der Waals surface area contributed by atoms with Gasteiger partial charge in [0.25, 0.3) is 0 Å². The Labute approximate surface area is 240 Å². The first kappa shape index (κ1) is 25.8. The quantitative estimate of drug-likeness (QED) is 0.282. The summed E-state index contributed by atoms with van der Waals surface area (Å²) in [7, 11) is 0. The maximum atomic E-state index is 13.9. The Kier molecular flexibility index (Phi) is 7.09. The van der Waals surface area contributed by atoms with E-state index in [9.17, 15) is 9.59 Å². The van der Waals surface area contributed by atoms with Crippen LogP contribution in [0.1, 0.15) is 97.4 Å². The summed E-state index contributed by atoms with van der Waals surface area (Å²) in [5.41, 5.74) is 1.27. The highest BCUT2D eigenvalue weighted by Crippen LogP contribution is 2.36. The van der Waals surface area contributed by atoms with Crippen LogP contribution in [0.3, 0.4) is 0 Å². The van der Waals surface area contributed by atoms with Crippen LogP contribution in [-0.2, 0) is 13.1 Å². The number of hydrogen-bond donors (Lipinski definition) is 0. The molecular weight excluding hydrogens is 546 g/mol. The summed E-state index contributed by atoms with van der Waals surface area (Å²) >= 11 is 3.34. The van der Waals surface area contributed by atoms with Gasteiger partial charge in [0.1, 0.15) is 0 Å². The van der Waals surface area contributed by atoms with E-state index in [1.807, 2.05) is 10.8 Å². The van der Waals surface area contributed by atoms with Gasteiger partial charge < -0.3 is 9.47 Å². The minimum atomic E-state index is -0.404. The average Bonchev–Trinajstić information content (AvgIpc) is 3.79. The third-order valence-corrected chi connectivity index (χ3v) is 10.5. The zero-order chi connectivity index (χ0) is 27.1. The molecule has 0 saturated heterocycles. The fourth-order valence-electron chi connectivity index (χ4n) is 6.24. The number of fused-ring (bicyclic) bond motifs is 1. The third kappa shape index (κ3) is 4.94. The topological polar surface area (TPSA) is 93.2 Å². The van der Waals surface area contributed by atoms with Gasteiger partial charge in [-0.25, -0.2) is 33.5 Å². The zero-order valence-electron chi connectivity index (χ0n) is 22.4. The summed E-state index contributed by atoms with van der Waals surface area (Å²) in [5.74, 6) is 2.12. The van der Waals surface area contributed by atoms with Crippen molar-refractivity contribution >= 4 is 22.7 Å². The molecule has 0 radical (unpaired) electrons. The fraction of sp³-hybridized carbons (Fsp3) is 0.517. The minimum Gasteiger partial charge on any atom is -0.454 e. The standard InChI is InChI=1S/C29H33N5O4S2/c35-28-32(14-21-16-39-26(30-21)19-7-3-1-4-8-19)33(15-22-17-40-27(31-22)20-9-5-2-6-10-20)29(36)34(28)23-11-12-24-25(13-23)38-18-37-24/h11-13,16-17,19-20H,1-10,14-15,18H2. The first-order valence-electron chi connectivity index (χ1n) is 14.4. The fourth-order valence-corrected chi connectivity index (χ4v) is 8.21. The van der Waals surface area contributed by atoms with Crippen molar-refractivity contribution in [2.75, 3.05) is 6.79 Å². The Morgan fingerprint density at radius 1 is 0.725 bits per heavy atom. The normalized spacial score (nSPS) is 18.0. The first-order chi connectivity index (χ1) is 19.6. The van der Waals surface area contributed by atoms with Gasteiger partial charge in [0, 0.05) is 28.7 Å². The van der Waals surface area contributed by atoms with Gasteiger partial charge >= 0.3 is 11.4 Å². The van der Waals surface area contributed by atoms with Crippen LogP contribution in [0.2, 0.25) is 0 Å². The monoisotopic (exact) mass is 579 g/mol. The molecule has 3 aromatic heterocycles. The van der Waals surface area contributed by atoms with Crippen LogP contribution in [0, 0.1) is 0 Å². The molecule has 0 amide bonds. The van der Waals surface area contributed by atoms with Crippen LogP contribution < -0.4 is 20.9 Å². The van der Waals surface area contributed by atoms with Gasteiger partial charge in [-0.15, -0.1) is 22.7 Å². The molecule has 11 heteroatoms. The number of thiazole rings is 2. The van der Waals surface area contributed by atoms with E-state index in [1.54, 1.807) is 40.9 Å². The third-order valence-electron chi connectivity index (χ3n) is 8.40. The largest absolute Gasteiger partial charge is 0.454 e. The molecule has 2 saturated carbocycles. The van der Waals surface area contributed by atoms with Gasteiger partial charge in [-0.2, -0.15) is 0 Å². The second-order valence-electron chi connectivity index (χ2n) is 11.1. The summed E-state index contributed by atoms with van der Waals surface area (Å²) in [6, 6.07) is 5.14. The summed E-state index contributed by atoms with van der Waals surface area (Å²) in [6.07, 6.45) is 12.3. The smallest absolute Gasteiger partial charge is 0.352 e. The van der Waals surface area contributed by atoms with Crippen molar-refractivity contribution < 1.29 is 9.47 Å². The van der Waals surface area contributed by atoms with Crippen molar-refractivity contribution in [1.82, 2.24) is 23.9 Å². The van der Waals surface area contributed by atoms with Crippen molar-refractivity contribution in [2.45, 2.75) is 89.1 Å². The number of nitrogens with zero attached hydrogens (tertiary/aromatic N) is 5. The number of aromatic nitrogens is 5. The predicted octanol–water partition coefficient (Wildman–Crippen LogP) is 5.63. The molecule has 2 fully saturated rings. The molecule has 7 rings (SSSR count). The maximum absolute atomic E-state index is 13.9. The molecule has 210 valence electrons. The van der Waals surface area contributed by atoms with Gasteiger partial charge in [-0.1, -0.05) is 38.5 Å². The summed E-state index contributed by atoms with van der Waals surface area (Å²) < 4.78 is 15.2. The second-order valence-corrected chi connectivity index (χ2v) is 12.9. The van der Waals surface area contributed by atoms with Crippen LogP contribution in [0.15, 0.2) is 38.5 Å².